The van der Waals surface area contributed by atoms with Gasteiger partial charge in [0.2, 0.25) is 0 Å². The Morgan fingerprint density at radius 2 is 0.708 bits per heavy atom. The third-order valence-electron chi connectivity index (χ3n) is 1.81. The molecule has 8 heteroatoms. The molecular formula is C16H30O6Ti2-2. The average Bonchev–Trinajstić information content (AvgIpc) is 2.55. The quantitative estimate of drug-likeness (QED) is 0.288. The van der Waals surface area contributed by atoms with Crippen molar-refractivity contribution in [3.63, 3.8) is 0 Å². The summed E-state index contributed by atoms with van der Waals surface area (Å²) in [5, 5.41) is 48.1. The normalized spacial score (nSPS) is 6.17. The maximum Gasteiger partial charge on any atom is 0.116 e. The Kier molecular flexibility index (Phi) is 62.0. The Hall–Kier alpha value is -0.431. The first-order chi connectivity index (χ1) is 9.75. The summed E-state index contributed by atoms with van der Waals surface area (Å²) in [5.74, 6) is 0.487. The van der Waals surface area contributed by atoms with Crippen LogP contribution in [0.25, 0.3) is 10.8 Å². The van der Waals surface area contributed by atoms with Crippen LogP contribution < -0.4 is 0 Å². The van der Waals surface area contributed by atoms with Crippen LogP contribution in [0, 0.1) is 14.9 Å². The molecular weight excluding hydrogens is 384 g/mol. The maximum atomic E-state index is 9.14. The summed E-state index contributed by atoms with van der Waals surface area (Å²) in [7, 11) is 4.00. The number of aliphatic hydroxyl groups excluding tert-OH is 4. The van der Waals surface area contributed by atoms with Crippen LogP contribution in [0.3, 0.4) is 0 Å². The molecule has 0 radical (unpaired) electrons. The molecule has 6 N–H and O–H groups in total. The third kappa shape index (κ3) is 19.6. The van der Waals surface area contributed by atoms with Gasteiger partial charge >= 0.3 is 0 Å². The van der Waals surface area contributed by atoms with E-state index < -0.39 is 0 Å². The van der Waals surface area contributed by atoms with Crippen molar-refractivity contribution >= 4 is 10.8 Å². The van der Waals surface area contributed by atoms with Crippen molar-refractivity contribution in [3.05, 3.63) is 51.3 Å². The van der Waals surface area contributed by atoms with E-state index in [2.05, 4.69) is 0 Å². The molecule has 0 spiro atoms. The molecule has 0 aliphatic carbocycles. The van der Waals surface area contributed by atoms with E-state index in [1.165, 1.54) is 0 Å². The summed E-state index contributed by atoms with van der Waals surface area (Å²) in [6.07, 6.45) is 0. The van der Waals surface area contributed by atoms with Gasteiger partial charge < -0.3 is 45.5 Å². The molecule has 0 unspecified atom stereocenters. The van der Waals surface area contributed by atoms with Gasteiger partial charge in [0.1, 0.15) is 11.5 Å². The predicted octanol–water partition coefficient (Wildman–Crippen LogP) is 1.58. The molecule has 0 aromatic heterocycles. The van der Waals surface area contributed by atoms with Gasteiger partial charge in [0.25, 0.3) is 0 Å². The smallest absolute Gasteiger partial charge is 0.116 e. The first-order valence-electron chi connectivity index (χ1n) is 5.46. The standard InChI is InChI=1S/C10H8O2.4CH4O.2CH3.2Ti/c11-9-3-1-7-5-10(12)4-2-8(7)6-9;4*1-2;;;;/h1-6,11-12H;4*2H,1H3;2*1H3;;/q;;;;;2*-1;;. The Balaban J connectivity index is -0.0000000430. The molecule has 0 aliphatic rings. The summed E-state index contributed by atoms with van der Waals surface area (Å²) in [6.45, 7) is 0. The van der Waals surface area contributed by atoms with E-state index in [0.717, 1.165) is 39.2 Å². The van der Waals surface area contributed by atoms with Gasteiger partial charge in [-0.3, -0.25) is 0 Å². The number of fused-ring (bicyclic) bond motifs is 1. The van der Waals surface area contributed by atoms with Gasteiger partial charge in [-0.25, -0.2) is 0 Å². The zero-order valence-corrected chi connectivity index (χ0v) is 18.3. The molecule has 0 saturated heterocycles. The second-order valence-corrected chi connectivity index (χ2v) is 2.72. The van der Waals surface area contributed by atoms with Gasteiger partial charge in [0.05, 0.1) is 0 Å². The number of rotatable bonds is 0. The summed E-state index contributed by atoms with van der Waals surface area (Å²) in [4.78, 5) is 0. The molecule has 24 heavy (non-hydrogen) atoms. The monoisotopic (exact) mass is 414 g/mol. The number of benzene rings is 2. The molecule has 140 valence electrons. The Morgan fingerprint density at radius 1 is 0.500 bits per heavy atom. The van der Waals surface area contributed by atoms with Gasteiger partial charge in [-0.1, -0.05) is 12.1 Å². The van der Waals surface area contributed by atoms with E-state index in [0.29, 0.717) is 0 Å². The first-order valence-corrected chi connectivity index (χ1v) is 5.46. The van der Waals surface area contributed by atoms with Crippen LogP contribution >= 0.6 is 0 Å². The molecule has 0 aliphatic heterocycles. The molecule has 0 saturated carbocycles. The van der Waals surface area contributed by atoms with Crippen molar-refractivity contribution in [2.24, 2.45) is 0 Å². The Bertz CT molecular complexity index is 401. The fourth-order valence-corrected chi connectivity index (χ4v) is 1.22. The summed E-state index contributed by atoms with van der Waals surface area (Å²) < 4.78 is 0. The molecule has 0 atom stereocenters. The van der Waals surface area contributed by atoms with E-state index in [1.807, 2.05) is 0 Å². The Morgan fingerprint density at radius 3 is 0.917 bits per heavy atom. The predicted molar refractivity (Wildman–Crippen MR) is 92.7 cm³/mol. The van der Waals surface area contributed by atoms with Gasteiger partial charge in [-0.2, -0.15) is 0 Å². The molecule has 0 amide bonds. The van der Waals surface area contributed by atoms with Crippen LogP contribution in [0.5, 0.6) is 11.5 Å². The fourth-order valence-electron chi connectivity index (χ4n) is 1.22. The molecule has 0 fully saturated rings. The summed E-state index contributed by atoms with van der Waals surface area (Å²) in [6, 6.07) is 10.1. The van der Waals surface area contributed by atoms with Gasteiger partial charge in [0.15, 0.2) is 0 Å². The van der Waals surface area contributed by atoms with E-state index >= 15 is 0 Å². The van der Waals surface area contributed by atoms with Crippen molar-refractivity contribution in [2.75, 3.05) is 28.4 Å². The number of phenolic OH excluding ortho intramolecular Hbond substituents is 2. The number of hydrogen-bond acceptors (Lipinski definition) is 6. The van der Waals surface area contributed by atoms with Crippen LogP contribution in [0.1, 0.15) is 0 Å². The van der Waals surface area contributed by atoms with E-state index in [9.17, 15) is 0 Å². The molecule has 0 bridgehead atoms. The minimum Gasteiger partial charge on any atom is -0.508 e. The van der Waals surface area contributed by atoms with Crippen LogP contribution in [-0.2, 0) is 43.4 Å². The molecule has 0 heterocycles. The third-order valence-corrected chi connectivity index (χ3v) is 1.81. The first kappa shape index (κ1) is 43.7. The summed E-state index contributed by atoms with van der Waals surface area (Å²) in [5.41, 5.74) is 0. The van der Waals surface area contributed by atoms with Crippen LogP contribution in [-0.4, -0.2) is 59.1 Å². The van der Waals surface area contributed by atoms with Crippen LogP contribution in [0.2, 0.25) is 0 Å². The van der Waals surface area contributed by atoms with E-state index in [4.69, 9.17) is 30.6 Å². The SMILES string of the molecule is CO.CO.CO.CO.Oc1ccc2cc(O)ccc2c1.[CH3-].[CH3-].[Ti].[Ti]. The van der Waals surface area contributed by atoms with Crippen molar-refractivity contribution in [3.8, 4) is 11.5 Å². The van der Waals surface area contributed by atoms with Crippen LogP contribution in [0.15, 0.2) is 36.4 Å². The molecule has 2 aromatic rings. The number of hydrogen-bond donors (Lipinski definition) is 6. The maximum absolute atomic E-state index is 9.14. The number of aliphatic hydroxyl groups is 4. The van der Waals surface area contributed by atoms with Crippen molar-refractivity contribution < 1.29 is 74.1 Å². The van der Waals surface area contributed by atoms with Gasteiger partial charge in [-0.05, 0) is 35.0 Å². The fraction of sp³-hybridized carbons (Fsp3) is 0.250. The van der Waals surface area contributed by atoms with Crippen LogP contribution in [0.4, 0.5) is 0 Å². The van der Waals surface area contributed by atoms with E-state index in [1.54, 1.807) is 36.4 Å². The van der Waals surface area contributed by atoms with E-state index in [-0.39, 0.29) is 69.8 Å². The molecule has 6 nitrogen and oxygen atoms in total. The molecule has 2 rings (SSSR count). The van der Waals surface area contributed by atoms with Gasteiger partial charge in [0, 0.05) is 71.9 Å². The van der Waals surface area contributed by atoms with Gasteiger partial charge in [-0.15, -0.1) is 0 Å². The minimum atomic E-state index is 0. The van der Waals surface area contributed by atoms with Crippen molar-refractivity contribution in [1.82, 2.24) is 0 Å². The zero-order valence-electron chi connectivity index (χ0n) is 15.1. The minimum absolute atomic E-state index is 0. The second-order valence-electron chi connectivity index (χ2n) is 2.72. The van der Waals surface area contributed by atoms with Crippen molar-refractivity contribution in [2.45, 2.75) is 0 Å². The topological polar surface area (TPSA) is 121 Å². The summed E-state index contributed by atoms with van der Waals surface area (Å²) >= 11 is 0. The van der Waals surface area contributed by atoms with Crippen molar-refractivity contribution in [1.29, 1.82) is 0 Å². The Labute approximate surface area is 175 Å². The second kappa shape index (κ2) is 34.0. The zero-order chi connectivity index (χ0) is 16.6. The molecule has 2 aromatic carbocycles. The number of phenols is 2. The number of aromatic hydroxyl groups is 2. The largest absolute Gasteiger partial charge is 0.508 e. The average molecular weight is 414 g/mol.